The third-order valence-corrected chi connectivity index (χ3v) is 3.07. The van der Waals surface area contributed by atoms with E-state index in [0.717, 1.165) is 24.0 Å². The highest BCUT2D eigenvalue weighted by molar-refractivity contribution is 6.01. The molecule has 0 spiro atoms. The molecule has 2 rings (SSSR count). The first-order chi connectivity index (χ1) is 10.2. The van der Waals surface area contributed by atoms with Gasteiger partial charge in [-0.15, -0.1) is 0 Å². The summed E-state index contributed by atoms with van der Waals surface area (Å²) >= 11 is 0. The van der Waals surface area contributed by atoms with Crippen molar-refractivity contribution < 1.29 is 9.53 Å². The Bertz CT molecular complexity index is 616. The minimum absolute atomic E-state index is 0.408. The zero-order valence-corrected chi connectivity index (χ0v) is 12.1. The number of nitrogens with one attached hydrogen (secondary N) is 2. The van der Waals surface area contributed by atoms with Crippen molar-refractivity contribution in [2.24, 2.45) is 5.73 Å². The summed E-state index contributed by atoms with van der Waals surface area (Å²) in [5, 5.41) is 7.26. The fourth-order valence-corrected chi connectivity index (χ4v) is 2.01. The van der Waals surface area contributed by atoms with Crippen LogP contribution in [0.15, 0.2) is 30.3 Å². The Morgan fingerprint density at radius 2 is 2.10 bits per heavy atom. The molecule has 0 bridgehead atoms. The van der Waals surface area contributed by atoms with Gasteiger partial charge in [0, 0.05) is 32.1 Å². The molecule has 0 fully saturated rings. The van der Waals surface area contributed by atoms with Gasteiger partial charge in [0.1, 0.15) is 5.82 Å². The quantitative estimate of drug-likeness (QED) is 0.630. The number of aromatic nitrogens is 1. The number of primary amides is 1. The topological polar surface area (TPSA) is 89.3 Å². The van der Waals surface area contributed by atoms with Crippen LogP contribution in [0.1, 0.15) is 10.4 Å². The van der Waals surface area contributed by atoms with Gasteiger partial charge in [-0.3, -0.25) is 4.79 Å². The number of rotatable bonds is 8. The fraction of sp³-hybridized carbons (Fsp3) is 0.333. The van der Waals surface area contributed by atoms with E-state index in [2.05, 4.69) is 15.6 Å². The summed E-state index contributed by atoms with van der Waals surface area (Å²) in [6.45, 7) is 2.85. The first-order valence-electron chi connectivity index (χ1n) is 6.85. The predicted molar refractivity (Wildman–Crippen MR) is 83.5 cm³/mol. The molecule has 0 radical (unpaired) electrons. The summed E-state index contributed by atoms with van der Waals surface area (Å²) in [6.07, 6.45) is 0. The van der Waals surface area contributed by atoms with Gasteiger partial charge in [0.2, 0.25) is 0 Å². The Hall–Kier alpha value is -2.18. The molecule has 0 aliphatic carbocycles. The number of benzene rings is 1. The van der Waals surface area contributed by atoms with Crippen LogP contribution in [0.5, 0.6) is 0 Å². The number of ether oxygens (including phenoxy) is 1. The first kappa shape index (κ1) is 15.2. The van der Waals surface area contributed by atoms with Crippen molar-refractivity contribution in [1.82, 2.24) is 10.3 Å². The molecule has 6 heteroatoms. The second kappa shape index (κ2) is 7.56. The highest BCUT2D eigenvalue weighted by Gasteiger charge is 2.11. The van der Waals surface area contributed by atoms with Crippen LogP contribution in [-0.4, -0.2) is 44.2 Å². The second-order valence-electron chi connectivity index (χ2n) is 4.61. The number of anilines is 1. The molecule has 1 amide bonds. The number of carbonyl (C=O) groups is 1. The van der Waals surface area contributed by atoms with Crippen LogP contribution in [0.25, 0.3) is 10.9 Å². The van der Waals surface area contributed by atoms with Gasteiger partial charge < -0.3 is 21.1 Å². The van der Waals surface area contributed by atoms with Crippen LogP contribution in [0.4, 0.5) is 5.82 Å². The van der Waals surface area contributed by atoms with Gasteiger partial charge in [-0.05, 0) is 12.1 Å². The third-order valence-electron chi connectivity index (χ3n) is 3.07. The Morgan fingerprint density at radius 3 is 2.86 bits per heavy atom. The Balaban J connectivity index is 2.06. The van der Waals surface area contributed by atoms with Crippen LogP contribution >= 0.6 is 0 Å². The zero-order chi connectivity index (χ0) is 15.1. The Kier molecular flexibility index (Phi) is 5.48. The lowest BCUT2D eigenvalue weighted by Gasteiger charge is -2.11. The zero-order valence-electron chi connectivity index (χ0n) is 12.1. The highest BCUT2D eigenvalue weighted by Crippen LogP contribution is 2.19. The van der Waals surface area contributed by atoms with E-state index in [9.17, 15) is 4.79 Å². The fourth-order valence-electron chi connectivity index (χ4n) is 2.01. The average molecular weight is 288 g/mol. The molecule has 0 aliphatic heterocycles. The normalized spacial score (nSPS) is 10.7. The van der Waals surface area contributed by atoms with Crippen LogP contribution in [0.2, 0.25) is 0 Å². The van der Waals surface area contributed by atoms with Crippen molar-refractivity contribution in [3.8, 4) is 0 Å². The number of pyridine rings is 1. The largest absolute Gasteiger partial charge is 0.383 e. The van der Waals surface area contributed by atoms with Crippen LogP contribution < -0.4 is 16.4 Å². The summed E-state index contributed by atoms with van der Waals surface area (Å²) in [5.41, 5.74) is 6.66. The molecule has 6 nitrogen and oxygen atoms in total. The molecule has 0 saturated carbocycles. The van der Waals surface area contributed by atoms with Gasteiger partial charge in [0.05, 0.1) is 17.7 Å². The number of nitrogens with zero attached hydrogens (tertiary/aromatic N) is 1. The molecule has 1 heterocycles. The lowest BCUT2D eigenvalue weighted by atomic mass is 10.1. The van der Waals surface area contributed by atoms with Crippen molar-refractivity contribution in [3.63, 3.8) is 0 Å². The molecular weight excluding hydrogens is 268 g/mol. The Labute approximate surface area is 123 Å². The molecule has 21 heavy (non-hydrogen) atoms. The van der Waals surface area contributed by atoms with Gasteiger partial charge in [-0.1, -0.05) is 18.2 Å². The van der Waals surface area contributed by atoms with Gasteiger partial charge >= 0.3 is 0 Å². The molecule has 4 N–H and O–H groups in total. The minimum atomic E-state index is -0.483. The van der Waals surface area contributed by atoms with Crippen molar-refractivity contribution >= 4 is 22.6 Å². The number of carbonyl (C=O) groups excluding carboxylic acids is 1. The molecule has 2 aromatic rings. The van der Waals surface area contributed by atoms with Crippen molar-refractivity contribution in [3.05, 3.63) is 35.9 Å². The maximum atomic E-state index is 11.5. The second-order valence-corrected chi connectivity index (χ2v) is 4.61. The average Bonchev–Trinajstić information content (AvgIpc) is 2.49. The maximum Gasteiger partial charge on any atom is 0.252 e. The lowest BCUT2D eigenvalue weighted by molar-refractivity contribution is 0.100. The number of amides is 1. The standard InChI is InChI=1S/C15H20N4O2/c1-21-9-8-17-6-7-18-15-12(14(16)20)10-11-4-2-3-5-13(11)19-15/h2-5,10,17H,6-9H2,1H3,(H2,16,20)(H,18,19). The van der Waals surface area contributed by atoms with Crippen molar-refractivity contribution in [2.75, 3.05) is 38.7 Å². The molecule has 0 saturated heterocycles. The molecule has 0 atom stereocenters. The Morgan fingerprint density at radius 1 is 1.29 bits per heavy atom. The first-order valence-corrected chi connectivity index (χ1v) is 6.85. The summed E-state index contributed by atoms with van der Waals surface area (Å²) in [5.74, 6) is 0.0397. The van der Waals surface area contributed by atoms with Gasteiger partial charge in [-0.2, -0.15) is 0 Å². The number of para-hydroxylation sites is 1. The number of hydrogen-bond acceptors (Lipinski definition) is 5. The number of hydrogen-bond donors (Lipinski definition) is 3. The minimum Gasteiger partial charge on any atom is -0.383 e. The van der Waals surface area contributed by atoms with Crippen LogP contribution in [0, 0.1) is 0 Å². The van der Waals surface area contributed by atoms with E-state index in [1.807, 2.05) is 24.3 Å². The van der Waals surface area contributed by atoms with Gasteiger partial charge in [0.15, 0.2) is 0 Å². The highest BCUT2D eigenvalue weighted by atomic mass is 16.5. The van der Waals surface area contributed by atoms with E-state index in [0.29, 0.717) is 24.5 Å². The summed E-state index contributed by atoms with van der Waals surface area (Å²) in [7, 11) is 1.66. The maximum absolute atomic E-state index is 11.5. The SMILES string of the molecule is COCCNCCNc1nc2ccccc2cc1C(N)=O. The number of methoxy groups -OCH3 is 1. The summed E-state index contributed by atoms with van der Waals surface area (Å²) < 4.78 is 4.95. The number of fused-ring (bicyclic) bond motifs is 1. The van der Waals surface area contributed by atoms with Gasteiger partial charge in [0.25, 0.3) is 5.91 Å². The van der Waals surface area contributed by atoms with Gasteiger partial charge in [-0.25, -0.2) is 4.98 Å². The molecule has 0 aliphatic rings. The third kappa shape index (κ3) is 4.14. The predicted octanol–water partition coefficient (Wildman–Crippen LogP) is 0.982. The van der Waals surface area contributed by atoms with E-state index >= 15 is 0 Å². The smallest absolute Gasteiger partial charge is 0.252 e. The lowest BCUT2D eigenvalue weighted by Crippen LogP contribution is -2.26. The van der Waals surface area contributed by atoms with E-state index in [4.69, 9.17) is 10.5 Å². The molecule has 112 valence electrons. The van der Waals surface area contributed by atoms with E-state index in [-0.39, 0.29) is 0 Å². The molecule has 1 aromatic heterocycles. The summed E-state index contributed by atoms with van der Waals surface area (Å²) in [4.78, 5) is 16.0. The monoisotopic (exact) mass is 288 g/mol. The van der Waals surface area contributed by atoms with E-state index in [1.54, 1.807) is 13.2 Å². The molecule has 1 aromatic carbocycles. The van der Waals surface area contributed by atoms with Crippen LogP contribution in [-0.2, 0) is 4.74 Å². The van der Waals surface area contributed by atoms with E-state index in [1.165, 1.54) is 0 Å². The molecule has 0 unspecified atom stereocenters. The summed E-state index contributed by atoms with van der Waals surface area (Å²) in [6, 6.07) is 9.40. The van der Waals surface area contributed by atoms with Crippen LogP contribution in [0.3, 0.4) is 0 Å². The van der Waals surface area contributed by atoms with E-state index < -0.39 is 5.91 Å². The van der Waals surface area contributed by atoms with Crippen molar-refractivity contribution in [1.29, 1.82) is 0 Å². The number of nitrogens with two attached hydrogens (primary N) is 1. The molecular formula is C15H20N4O2. The van der Waals surface area contributed by atoms with Crippen molar-refractivity contribution in [2.45, 2.75) is 0 Å².